The SMILES string of the molecule is O=C(c1noc2c1CCCC2)N1CCN(c2ncnc3ccccc23)CC1. The number of aromatic nitrogens is 3. The van der Waals surface area contributed by atoms with E-state index in [9.17, 15) is 4.79 Å². The molecule has 0 spiro atoms. The lowest BCUT2D eigenvalue weighted by Crippen LogP contribution is -2.49. The molecule has 1 aromatic carbocycles. The molecule has 1 aliphatic carbocycles. The summed E-state index contributed by atoms with van der Waals surface area (Å²) in [6.07, 6.45) is 5.61. The lowest BCUT2D eigenvalue weighted by molar-refractivity contribution is 0.0735. The highest BCUT2D eigenvalue weighted by atomic mass is 16.5. The molecule has 1 aliphatic heterocycles. The molecule has 1 fully saturated rings. The molecule has 7 nitrogen and oxygen atoms in total. The predicted molar refractivity (Wildman–Crippen MR) is 101 cm³/mol. The maximum atomic E-state index is 12.9. The zero-order chi connectivity index (χ0) is 18.2. The van der Waals surface area contributed by atoms with Crippen molar-refractivity contribution in [2.24, 2.45) is 0 Å². The third kappa shape index (κ3) is 2.83. The van der Waals surface area contributed by atoms with Gasteiger partial charge in [0.15, 0.2) is 5.69 Å². The van der Waals surface area contributed by atoms with E-state index in [1.54, 1.807) is 6.33 Å². The molecule has 0 N–H and O–H groups in total. The third-order valence-corrected chi connectivity index (χ3v) is 5.54. The topological polar surface area (TPSA) is 75.4 Å². The summed E-state index contributed by atoms with van der Waals surface area (Å²) < 4.78 is 5.41. The van der Waals surface area contributed by atoms with Gasteiger partial charge in [-0.05, 0) is 31.4 Å². The Bertz CT molecular complexity index is 986. The molecule has 7 heteroatoms. The van der Waals surface area contributed by atoms with Crippen LogP contribution in [-0.2, 0) is 12.8 Å². The van der Waals surface area contributed by atoms with Crippen molar-refractivity contribution in [3.63, 3.8) is 0 Å². The van der Waals surface area contributed by atoms with Crippen LogP contribution in [0.5, 0.6) is 0 Å². The van der Waals surface area contributed by atoms with E-state index < -0.39 is 0 Å². The number of rotatable bonds is 2. The van der Waals surface area contributed by atoms with Crippen molar-refractivity contribution >= 4 is 22.6 Å². The molecule has 0 radical (unpaired) electrons. The Hall–Kier alpha value is -2.96. The lowest BCUT2D eigenvalue weighted by Gasteiger charge is -2.35. The summed E-state index contributed by atoms with van der Waals surface area (Å²) in [7, 11) is 0. The summed E-state index contributed by atoms with van der Waals surface area (Å²) in [6.45, 7) is 2.79. The second-order valence-corrected chi connectivity index (χ2v) is 7.13. The lowest BCUT2D eigenvalue weighted by atomic mass is 9.96. The van der Waals surface area contributed by atoms with Crippen molar-refractivity contribution in [2.45, 2.75) is 25.7 Å². The Morgan fingerprint density at radius 1 is 1.00 bits per heavy atom. The number of piperazine rings is 1. The normalized spacial score (nSPS) is 17.2. The molecule has 0 atom stereocenters. The molecule has 1 saturated heterocycles. The number of carbonyl (C=O) groups excluding carboxylic acids is 1. The molecule has 2 aliphatic rings. The van der Waals surface area contributed by atoms with Crippen LogP contribution in [-0.4, -0.2) is 52.1 Å². The van der Waals surface area contributed by atoms with E-state index in [1.165, 1.54) is 0 Å². The fraction of sp³-hybridized carbons (Fsp3) is 0.400. The minimum absolute atomic E-state index is 0.00547. The maximum Gasteiger partial charge on any atom is 0.276 e. The Labute approximate surface area is 157 Å². The Morgan fingerprint density at radius 2 is 1.81 bits per heavy atom. The van der Waals surface area contributed by atoms with E-state index in [0.717, 1.165) is 66.8 Å². The van der Waals surface area contributed by atoms with Crippen molar-refractivity contribution in [3.05, 3.63) is 47.6 Å². The first-order chi connectivity index (χ1) is 13.3. The van der Waals surface area contributed by atoms with Crippen LogP contribution < -0.4 is 4.90 Å². The number of carbonyl (C=O) groups is 1. The van der Waals surface area contributed by atoms with Crippen molar-refractivity contribution in [3.8, 4) is 0 Å². The van der Waals surface area contributed by atoms with Gasteiger partial charge in [0.2, 0.25) is 0 Å². The molecule has 27 heavy (non-hydrogen) atoms. The minimum atomic E-state index is -0.00547. The summed E-state index contributed by atoms with van der Waals surface area (Å²) in [6, 6.07) is 8.02. The maximum absolute atomic E-state index is 12.9. The molecule has 1 amide bonds. The zero-order valence-electron chi connectivity index (χ0n) is 15.1. The smallest absolute Gasteiger partial charge is 0.276 e. The van der Waals surface area contributed by atoms with Gasteiger partial charge in [0.05, 0.1) is 5.52 Å². The summed E-state index contributed by atoms with van der Waals surface area (Å²) in [5, 5.41) is 5.14. The van der Waals surface area contributed by atoms with Crippen LogP contribution in [0.3, 0.4) is 0 Å². The average Bonchev–Trinajstić information content (AvgIpc) is 3.17. The molecule has 2 aromatic heterocycles. The molecular weight excluding hydrogens is 342 g/mol. The predicted octanol–water partition coefficient (Wildman–Crippen LogP) is 2.46. The molecule has 0 saturated carbocycles. The van der Waals surface area contributed by atoms with Gasteiger partial charge in [0, 0.05) is 43.5 Å². The first-order valence-electron chi connectivity index (χ1n) is 9.52. The van der Waals surface area contributed by atoms with Gasteiger partial charge < -0.3 is 14.3 Å². The largest absolute Gasteiger partial charge is 0.360 e. The highest BCUT2D eigenvalue weighted by Crippen LogP contribution is 2.27. The standard InChI is InChI=1S/C20H21N5O2/c26-20(18-15-6-2-4-8-17(15)27-23-18)25-11-9-24(10-12-25)19-14-5-1-3-7-16(14)21-13-22-19/h1,3,5,7,13H,2,4,6,8-12H2. The van der Waals surface area contributed by atoms with Gasteiger partial charge in [-0.25, -0.2) is 9.97 Å². The number of fused-ring (bicyclic) bond motifs is 2. The van der Waals surface area contributed by atoms with Crippen molar-refractivity contribution in [1.29, 1.82) is 0 Å². The number of benzene rings is 1. The van der Waals surface area contributed by atoms with E-state index in [4.69, 9.17) is 4.52 Å². The number of hydrogen-bond acceptors (Lipinski definition) is 6. The molecule has 138 valence electrons. The molecular formula is C20H21N5O2. The second kappa shape index (κ2) is 6.64. The average molecular weight is 363 g/mol. The Balaban J connectivity index is 1.33. The fourth-order valence-electron chi connectivity index (χ4n) is 4.07. The highest BCUT2D eigenvalue weighted by Gasteiger charge is 2.30. The van der Waals surface area contributed by atoms with Crippen LogP contribution in [0.2, 0.25) is 0 Å². The van der Waals surface area contributed by atoms with Gasteiger partial charge in [-0.2, -0.15) is 0 Å². The van der Waals surface area contributed by atoms with Crippen LogP contribution in [0.1, 0.15) is 34.7 Å². The first-order valence-corrected chi connectivity index (χ1v) is 9.52. The monoisotopic (exact) mass is 363 g/mol. The Kier molecular flexibility index (Phi) is 3.99. The van der Waals surface area contributed by atoms with E-state index in [2.05, 4.69) is 20.0 Å². The number of amides is 1. The van der Waals surface area contributed by atoms with Crippen LogP contribution in [0.15, 0.2) is 35.1 Å². The van der Waals surface area contributed by atoms with Crippen molar-refractivity contribution in [2.75, 3.05) is 31.1 Å². The minimum Gasteiger partial charge on any atom is -0.360 e. The summed E-state index contributed by atoms with van der Waals surface area (Å²) >= 11 is 0. The fourth-order valence-corrected chi connectivity index (χ4v) is 4.07. The Morgan fingerprint density at radius 3 is 2.70 bits per heavy atom. The van der Waals surface area contributed by atoms with Crippen molar-refractivity contribution < 1.29 is 9.32 Å². The summed E-state index contributed by atoms with van der Waals surface area (Å²) in [5.74, 6) is 1.83. The number of anilines is 1. The molecule has 0 bridgehead atoms. The number of nitrogens with zero attached hydrogens (tertiary/aromatic N) is 5. The number of para-hydroxylation sites is 1. The van der Waals surface area contributed by atoms with E-state index in [1.807, 2.05) is 29.2 Å². The van der Waals surface area contributed by atoms with E-state index in [0.29, 0.717) is 18.8 Å². The van der Waals surface area contributed by atoms with Crippen LogP contribution in [0.25, 0.3) is 10.9 Å². The van der Waals surface area contributed by atoms with Gasteiger partial charge in [0.1, 0.15) is 17.9 Å². The van der Waals surface area contributed by atoms with E-state index in [-0.39, 0.29) is 5.91 Å². The molecule has 0 unspecified atom stereocenters. The molecule has 5 rings (SSSR count). The zero-order valence-corrected chi connectivity index (χ0v) is 15.1. The van der Waals surface area contributed by atoms with Gasteiger partial charge in [-0.1, -0.05) is 17.3 Å². The van der Waals surface area contributed by atoms with Gasteiger partial charge in [-0.15, -0.1) is 0 Å². The summed E-state index contributed by atoms with van der Waals surface area (Å²) in [5.41, 5.74) is 2.48. The molecule has 3 aromatic rings. The quantitative estimate of drug-likeness (QED) is 0.696. The second-order valence-electron chi connectivity index (χ2n) is 7.13. The highest BCUT2D eigenvalue weighted by molar-refractivity contribution is 5.94. The van der Waals surface area contributed by atoms with Crippen molar-refractivity contribution in [1.82, 2.24) is 20.0 Å². The number of hydrogen-bond donors (Lipinski definition) is 0. The third-order valence-electron chi connectivity index (χ3n) is 5.54. The van der Waals surface area contributed by atoms with Gasteiger partial charge in [-0.3, -0.25) is 4.79 Å². The van der Waals surface area contributed by atoms with Crippen LogP contribution >= 0.6 is 0 Å². The first kappa shape index (κ1) is 16.2. The molecule has 3 heterocycles. The number of aryl methyl sites for hydroxylation is 1. The van der Waals surface area contributed by atoms with E-state index >= 15 is 0 Å². The van der Waals surface area contributed by atoms with Crippen LogP contribution in [0.4, 0.5) is 5.82 Å². The van der Waals surface area contributed by atoms with Gasteiger partial charge >= 0.3 is 0 Å². The van der Waals surface area contributed by atoms with Crippen LogP contribution in [0, 0.1) is 0 Å². The van der Waals surface area contributed by atoms with Gasteiger partial charge in [0.25, 0.3) is 5.91 Å². The summed E-state index contributed by atoms with van der Waals surface area (Å²) in [4.78, 5) is 25.9.